The SMILES string of the molecule is CC(CO)CN1CC(CN)OCC1C. The van der Waals surface area contributed by atoms with E-state index in [4.69, 9.17) is 15.6 Å². The van der Waals surface area contributed by atoms with E-state index in [2.05, 4.69) is 18.7 Å². The van der Waals surface area contributed by atoms with Crippen LogP contribution in [-0.2, 0) is 4.74 Å². The lowest BCUT2D eigenvalue weighted by atomic mass is 10.1. The van der Waals surface area contributed by atoms with E-state index in [1.54, 1.807) is 0 Å². The van der Waals surface area contributed by atoms with Gasteiger partial charge in [0.2, 0.25) is 0 Å². The van der Waals surface area contributed by atoms with E-state index < -0.39 is 0 Å². The van der Waals surface area contributed by atoms with Gasteiger partial charge in [0.1, 0.15) is 0 Å². The monoisotopic (exact) mass is 202 g/mol. The number of hydrogen-bond donors (Lipinski definition) is 2. The van der Waals surface area contributed by atoms with Gasteiger partial charge in [0, 0.05) is 32.3 Å². The molecule has 14 heavy (non-hydrogen) atoms. The Hall–Kier alpha value is -0.160. The molecule has 0 amide bonds. The second kappa shape index (κ2) is 5.66. The topological polar surface area (TPSA) is 58.7 Å². The number of ether oxygens (including phenoxy) is 1. The van der Waals surface area contributed by atoms with Crippen LogP contribution in [0.5, 0.6) is 0 Å². The molecule has 1 aliphatic heterocycles. The first-order chi connectivity index (χ1) is 6.67. The average Bonchev–Trinajstić information content (AvgIpc) is 2.21. The number of aliphatic hydroxyl groups excluding tert-OH is 1. The van der Waals surface area contributed by atoms with E-state index >= 15 is 0 Å². The Morgan fingerprint density at radius 3 is 2.93 bits per heavy atom. The molecule has 0 aromatic carbocycles. The van der Waals surface area contributed by atoms with Crippen LogP contribution in [0.25, 0.3) is 0 Å². The summed E-state index contributed by atoms with van der Waals surface area (Å²) < 4.78 is 5.56. The largest absolute Gasteiger partial charge is 0.396 e. The normalized spacial score (nSPS) is 31.7. The van der Waals surface area contributed by atoms with Crippen molar-refractivity contribution >= 4 is 0 Å². The predicted octanol–water partition coefficient (Wildman–Crippen LogP) is -0.337. The fraction of sp³-hybridized carbons (Fsp3) is 1.00. The van der Waals surface area contributed by atoms with Gasteiger partial charge in [-0.25, -0.2) is 0 Å². The summed E-state index contributed by atoms with van der Waals surface area (Å²) in [5, 5.41) is 8.99. The zero-order valence-corrected chi connectivity index (χ0v) is 9.15. The van der Waals surface area contributed by atoms with Crippen LogP contribution in [0.2, 0.25) is 0 Å². The lowest BCUT2D eigenvalue weighted by molar-refractivity contribution is -0.0593. The van der Waals surface area contributed by atoms with Gasteiger partial charge >= 0.3 is 0 Å². The van der Waals surface area contributed by atoms with Gasteiger partial charge < -0.3 is 15.6 Å². The number of morpholine rings is 1. The minimum atomic E-state index is 0.164. The maximum atomic E-state index is 8.99. The molecule has 1 heterocycles. The van der Waals surface area contributed by atoms with Crippen LogP contribution < -0.4 is 5.73 Å². The standard InChI is InChI=1S/C10H22N2O2/c1-8(6-13)4-12-5-10(3-11)14-7-9(12)2/h8-10,13H,3-7,11H2,1-2H3. The van der Waals surface area contributed by atoms with Gasteiger partial charge in [0.25, 0.3) is 0 Å². The van der Waals surface area contributed by atoms with Crippen molar-refractivity contribution in [2.45, 2.75) is 26.0 Å². The van der Waals surface area contributed by atoms with Crippen molar-refractivity contribution < 1.29 is 9.84 Å². The highest BCUT2D eigenvalue weighted by Gasteiger charge is 2.25. The molecule has 4 heteroatoms. The van der Waals surface area contributed by atoms with Gasteiger partial charge in [-0.2, -0.15) is 0 Å². The smallest absolute Gasteiger partial charge is 0.0824 e. The molecule has 3 unspecified atom stereocenters. The number of nitrogens with zero attached hydrogens (tertiary/aromatic N) is 1. The summed E-state index contributed by atoms with van der Waals surface area (Å²) >= 11 is 0. The maximum absolute atomic E-state index is 8.99. The van der Waals surface area contributed by atoms with Crippen LogP contribution in [0, 0.1) is 5.92 Å². The fourth-order valence-corrected chi connectivity index (χ4v) is 1.73. The molecule has 0 saturated carbocycles. The molecule has 1 saturated heterocycles. The molecule has 3 atom stereocenters. The first-order valence-electron chi connectivity index (χ1n) is 5.34. The molecule has 0 aromatic heterocycles. The molecule has 84 valence electrons. The van der Waals surface area contributed by atoms with Crippen molar-refractivity contribution in [1.82, 2.24) is 4.90 Å². The maximum Gasteiger partial charge on any atom is 0.0824 e. The highest BCUT2D eigenvalue weighted by Crippen LogP contribution is 2.12. The summed E-state index contributed by atoms with van der Waals surface area (Å²) in [6.07, 6.45) is 0.164. The first-order valence-corrected chi connectivity index (χ1v) is 5.34. The van der Waals surface area contributed by atoms with E-state index in [9.17, 15) is 0 Å². The Morgan fingerprint density at radius 1 is 1.64 bits per heavy atom. The van der Waals surface area contributed by atoms with Crippen LogP contribution in [0.1, 0.15) is 13.8 Å². The van der Waals surface area contributed by atoms with Gasteiger partial charge in [-0.05, 0) is 12.8 Å². The number of aliphatic hydroxyl groups is 1. The summed E-state index contributed by atoms with van der Waals surface area (Å²) in [5.41, 5.74) is 5.57. The highest BCUT2D eigenvalue weighted by molar-refractivity contribution is 4.78. The highest BCUT2D eigenvalue weighted by atomic mass is 16.5. The lowest BCUT2D eigenvalue weighted by Crippen LogP contribution is -2.51. The molecule has 0 aliphatic carbocycles. The van der Waals surface area contributed by atoms with Crippen molar-refractivity contribution in [3.63, 3.8) is 0 Å². The molecule has 1 fully saturated rings. The number of nitrogens with two attached hydrogens (primary N) is 1. The molecule has 0 bridgehead atoms. The Balaban J connectivity index is 2.40. The summed E-state index contributed by atoms with van der Waals surface area (Å²) in [4.78, 5) is 2.35. The minimum absolute atomic E-state index is 0.164. The summed E-state index contributed by atoms with van der Waals surface area (Å²) in [5.74, 6) is 0.328. The fourth-order valence-electron chi connectivity index (χ4n) is 1.73. The van der Waals surface area contributed by atoms with Crippen molar-refractivity contribution in [3.05, 3.63) is 0 Å². The molecule has 0 aromatic rings. The molecular formula is C10H22N2O2. The van der Waals surface area contributed by atoms with Crippen molar-refractivity contribution in [1.29, 1.82) is 0 Å². The van der Waals surface area contributed by atoms with Crippen molar-refractivity contribution in [3.8, 4) is 0 Å². The van der Waals surface area contributed by atoms with E-state index in [0.29, 0.717) is 18.5 Å². The van der Waals surface area contributed by atoms with E-state index in [0.717, 1.165) is 19.7 Å². The van der Waals surface area contributed by atoms with Crippen LogP contribution in [0.3, 0.4) is 0 Å². The molecule has 0 radical (unpaired) electrons. The quantitative estimate of drug-likeness (QED) is 0.655. The van der Waals surface area contributed by atoms with Gasteiger partial charge in [-0.15, -0.1) is 0 Å². The summed E-state index contributed by atoms with van der Waals surface area (Å²) in [6, 6.07) is 0.437. The third-order valence-electron chi connectivity index (χ3n) is 2.76. The second-order valence-electron chi connectivity index (χ2n) is 4.28. The second-order valence-corrected chi connectivity index (χ2v) is 4.28. The minimum Gasteiger partial charge on any atom is -0.396 e. The Labute approximate surface area is 86.0 Å². The van der Waals surface area contributed by atoms with E-state index in [1.807, 2.05) is 0 Å². The third kappa shape index (κ3) is 3.20. The zero-order chi connectivity index (χ0) is 10.6. The van der Waals surface area contributed by atoms with Gasteiger partial charge in [-0.1, -0.05) is 6.92 Å². The summed E-state index contributed by atoms with van der Waals surface area (Å²) in [6.45, 7) is 7.60. The van der Waals surface area contributed by atoms with Crippen LogP contribution in [0.15, 0.2) is 0 Å². The van der Waals surface area contributed by atoms with Gasteiger partial charge in [-0.3, -0.25) is 4.90 Å². The summed E-state index contributed by atoms with van der Waals surface area (Å²) in [7, 11) is 0. The zero-order valence-electron chi connectivity index (χ0n) is 9.15. The van der Waals surface area contributed by atoms with E-state index in [-0.39, 0.29) is 12.7 Å². The molecule has 3 N–H and O–H groups in total. The van der Waals surface area contributed by atoms with E-state index in [1.165, 1.54) is 0 Å². The Kier molecular flexibility index (Phi) is 4.81. The number of rotatable bonds is 4. The third-order valence-corrected chi connectivity index (χ3v) is 2.76. The van der Waals surface area contributed by atoms with Crippen molar-refractivity contribution in [2.75, 3.05) is 32.8 Å². The molecular weight excluding hydrogens is 180 g/mol. The number of hydrogen-bond acceptors (Lipinski definition) is 4. The Bertz CT molecular complexity index is 164. The molecule has 1 rings (SSSR count). The van der Waals surface area contributed by atoms with Gasteiger partial charge in [0.15, 0.2) is 0 Å². The Morgan fingerprint density at radius 2 is 2.36 bits per heavy atom. The predicted molar refractivity (Wildman–Crippen MR) is 56.1 cm³/mol. The average molecular weight is 202 g/mol. The van der Waals surface area contributed by atoms with Crippen LogP contribution in [-0.4, -0.2) is 55.0 Å². The van der Waals surface area contributed by atoms with Crippen LogP contribution >= 0.6 is 0 Å². The molecule has 1 aliphatic rings. The molecule has 0 spiro atoms. The van der Waals surface area contributed by atoms with Crippen LogP contribution in [0.4, 0.5) is 0 Å². The van der Waals surface area contributed by atoms with Crippen molar-refractivity contribution in [2.24, 2.45) is 11.7 Å². The van der Waals surface area contributed by atoms with Gasteiger partial charge in [0.05, 0.1) is 12.7 Å². The lowest BCUT2D eigenvalue weighted by Gasteiger charge is -2.38. The first kappa shape index (κ1) is 11.9. The molecule has 4 nitrogen and oxygen atoms in total.